The van der Waals surface area contributed by atoms with Crippen molar-refractivity contribution in [3.05, 3.63) is 29.3 Å². The zero-order valence-corrected chi connectivity index (χ0v) is 10.8. The standard InChI is InChI=1S/C12H19NO2S/c1-9-4-5-12(6-10(9)2)16(15)8-11(14)7-13-3/h4-6,11,13-14H,7-8H2,1-3H3. The predicted molar refractivity (Wildman–Crippen MR) is 67.1 cm³/mol. The number of rotatable bonds is 5. The molecule has 3 nitrogen and oxygen atoms in total. The third-order valence-electron chi connectivity index (χ3n) is 2.52. The van der Waals surface area contributed by atoms with Crippen LogP contribution in [0.3, 0.4) is 0 Å². The van der Waals surface area contributed by atoms with Crippen LogP contribution in [0.4, 0.5) is 0 Å². The molecule has 1 rings (SSSR count). The van der Waals surface area contributed by atoms with E-state index >= 15 is 0 Å². The van der Waals surface area contributed by atoms with Crippen LogP contribution in [0.25, 0.3) is 0 Å². The Kier molecular flexibility index (Phi) is 5.12. The van der Waals surface area contributed by atoms with E-state index < -0.39 is 16.9 Å². The van der Waals surface area contributed by atoms with E-state index in [-0.39, 0.29) is 5.75 Å². The number of aryl methyl sites for hydroxylation is 2. The second kappa shape index (κ2) is 6.13. The molecule has 2 atom stereocenters. The number of hydrogen-bond acceptors (Lipinski definition) is 3. The van der Waals surface area contributed by atoms with Crippen LogP contribution >= 0.6 is 0 Å². The zero-order valence-electron chi connectivity index (χ0n) is 9.99. The summed E-state index contributed by atoms with van der Waals surface area (Å²) < 4.78 is 11.9. The molecule has 2 unspecified atom stereocenters. The maximum absolute atomic E-state index is 11.9. The Labute approximate surface area is 99.3 Å². The third-order valence-corrected chi connectivity index (χ3v) is 3.99. The van der Waals surface area contributed by atoms with Crippen molar-refractivity contribution < 1.29 is 9.32 Å². The van der Waals surface area contributed by atoms with Gasteiger partial charge in [0.25, 0.3) is 0 Å². The van der Waals surface area contributed by atoms with Gasteiger partial charge in [0.2, 0.25) is 0 Å². The lowest BCUT2D eigenvalue weighted by Crippen LogP contribution is -2.28. The van der Waals surface area contributed by atoms with Gasteiger partial charge in [0.1, 0.15) is 0 Å². The van der Waals surface area contributed by atoms with Crippen molar-refractivity contribution in [1.29, 1.82) is 0 Å². The van der Waals surface area contributed by atoms with Gasteiger partial charge in [-0.05, 0) is 44.2 Å². The molecule has 16 heavy (non-hydrogen) atoms. The summed E-state index contributed by atoms with van der Waals surface area (Å²) in [7, 11) is 0.643. The molecular formula is C12H19NO2S. The monoisotopic (exact) mass is 241 g/mol. The average Bonchev–Trinajstić information content (AvgIpc) is 2.22. The Hall–Kier alpha value is -0.710. The second-order valence-corrected chi connectivity index (χ2v) is 5.47. The molecule has 90 valence electrons. The molecular weight excluding hydrogens is 222 g/mol. The van der Waals surface area contributed by atoms with Crippen molar-refractivity contribution >= 4 is 10.8 Å². The first-order valence-electron chi connectivity index (χ1n) is 5.33. The topological polar surface area (TPSA) is 49.3 Å². The van der Waals surface area contributed by atoms with E-state index in [4.69, 9.17) is 0 Å². The fourth-order valence-corrected chi connectivity index (χ4v) is 2.61. The normalized spacial score (nSPS) is 14.8. The van der Waals surface area contributed by atoms with E-state index in [1.807, 2.05) is 32.0 Å². The van der Waals surface area contributed by atoms with Gasteiger partial charge in [0.15, 0.2) is 0 Å². The third kappa shape index (κ3) is 3.70. The lowest BCUT2D eigenvalue weighted by molar-refractivity contribution is 0.198. The van der Waals surface area contributed by atoms with Gasteiger partial charge < -0.3 is 10.4 Å². The van der Waals surface area contributed by atoms with Gasteiger partial charge in [-0.25, -0.2) is 0 Å². The van der Waals surface area contributed by atoms with Crippen LogP contribution in [-0.2, 0) is 10.8 Å². The largest absolute Gasteiger partial charge is 0.391 e. The van der Waals surface area contributed by atoms with E-state index in [2.05, 4.69) is 5.32 Å². The van der Waals surface area contributed by atoms with Crippen LogP contribution in [0, 0.1) is 13.8 Å². The summed E-state index contributed by atoms with van der Waals surface area (Å²) in [6, 6.07) is 5.76. The van der Waals surface area contributed by atoms with Crippen molar-refractivity contribution in [2.45, 2.75) is 24.8 Å². The smallest absolute Gasteiger partial charge is 0.0783 e. The quantitative estimate of drug-likeness (QED) is 0.808. The highest BCUT2D eigenvalue weighted by Gasteiger charge is 2.11. The average molecular weight is 241 g/mol. The lowest BCUT2D eigenvalue weighted by atomic mass is 10.1. The molecule has 0 saturated heterocycles. The molecule has 0 heterocycles. The Morgan fingerprint density at radius 1 is 1.38 bits per heavy atom. The molecule has 0 amide bonds. The summed E-state index contributed by atoms with van der Waals surface area (Å²) in [5.41, 5.74) is 2.32. The van der Waals surface area contributed by atoms with Gasteiger partial charge in [-0.3, -0.25) is 4.21 Å². The summed E-state index contributed by atoms with van der Waals surface area (Å²) in [4.78, 5) is 0.790. The molecule has 4 heteroatoms. The molecule has 0 aliphatic heterocycles. The molecule has 0 fully saturated rings. The molecule has 0 radical (unpaired) electrons. The van der Waals surface area contributed by atoms with Gasteiger partial charge in [0, 0.05) is 11.4 Å². The number of benzene rings is 1. The molecule has 1 aromatic rings. The minimum absolute atomic E-state index is 0.281. The molecule has 0 aliphatic rings. The van der Waals surface area contributed by atoms with Gasteiger partial charge >= 0.3 is 0 Å². The van der Waals surface area contributed by atoms with Crippen LogP contribution in [-0.4, -0.2) is 34.8 Å². The van der Waals surface area contributed by atoms with E-state index in [9.17, 15) is 9.32 Å². The Balaban J connectivity index is 2.69. The first-order valence-corrected chi connectivity index (χ1v) is 6.64. The van der Waals surface area contributed by atoms with E-state index in [1.54, 1.807) is 7.05 Å². The molecule has 2 N–H and O–H groups in total. The van der Waals surface area contributed by atoms with Gasteiger partial charge in [-0.15, -0.1) is 0 Å². The van der Waals surface area contributed by atoms with Crippen molar-refractivity contribution in [2.75, 3.05) is 19.3 Å². The number of likely N-dealkylation sites (N-methyl/N-ethyl adjacent to an activating group) is 1. The number of nitrogens with one attached hydrogen (secondary N) is 1. The Morgan fingerprint density at radius 3 is 2.62 bits per heavy atom. The first-order chi connectivity index (χ1) is 7.54. The van der Waals surface area contributed by atoms with Crippen LogP contribution in [0.1, 0.15) is 11.1 Å². The van der Waals surface area contributed by atoms with E-state index in [1.165, 1.54) is 5.56 Å². The van der Waals surface area contributed by atoms with Gasteiger partial charge in [0.05, 0.1) is 22.7 Å². The summed E-state index contributed by atoms with van der Waals surface area (Å²) in [6.07, 6.45) is -0.563. The number of aliphatic hydroxyl groups excluding tert-OH is 1. The maximum atomic E-state index is 11.9. The van der Waals surface area contributed by atoms with Crippen LogP contribution < -0.4 is 5.32 Å². The molecule has 0 spiro atoms. The SMILES string of the molecule is CNCC(O)CS(=O)c1ccc(C)c(C)c1. The van der Waals surface area contributed by atoms with E-state index in [0.29, 0.717) is 6.54 Å². The summed E-state index contributed by atoms with van der Waals surface area (Å²) in [6.45, 7) is 4.49. The number of aliphatic hydroxyl groups is 1. The molecule has 1 aromatic carbocycles. The highest BCUT2D eigenvalue weighted by atomic mass is 32.2. The van der Waals surface area contributed by atoms with Crippen molar-refractivity contribution in [1.82, 2.24) is 5.32 Å². The fourth-order valence-electron chi connectivity index (χ4n) is 1.42. The van der Waals surface area contributed by atoms with Crippen LogP contribution in [0.5, 0.6) is 0 Å². The minimum Gasteiger partial charge on any atom is -0.391 e. The van der Waals surface area contributed by atoms with Gasteiger partial charge in [-0.2, -0.15) is 0 Å². The summed E-state index contributed by atoms with van der Waals surface area (Å²) in [5.74, 6) is 0.281. The lowest BCUT2D eigenvalue weighted by Gasteiger charge is -2.10. The van der Waals surface area contributed by atoms with Crippen molar-refractivity contribution in [2.24, 2.45) is 0 Å². The minimum atomic E-state index is -1.12. The van der Waals surface area contributed by atoms with Crippen LogP contribution in [0.2, 0.25) is 0 Å². The molecule has 0 aliphatic carbocycles. The molecule has 0 bridgehead atoms. The molecule has 0 aromatic heterocycles. The predicted octanol–water partition coefficient (Wildman–Crippen LogP) is 0.991. The van der Waals surface area contributed by atoms with Gasteiger partial charge in [-0.1, -0.05) is 6.07 Å². The highest BCUT2D eigenvalue weighted by molar-refractivity contribution is 7.85. The zero-order chi connectivity index (χ0) is 12.1. The van der Waals surface area contributed by atoms with Crippen LogP contribution in [0.15, 0.2) is 23.1 Å². The highest BCUT2D eigenvalue weighted by Crippen LogP contribution is 2.13. The van der Waals surface area contributed by atoms with E-state index in [0.717, 1.165) is 10.5 Å². The Morgan fingerprint density at radius 2 is 2.06 bits per heavy atom. The Bertz CT molecular complexity index is 379. The van der Waals surface area contributed by atoms with Crippen molar-refractivity contribution in [3.8, 4) is 0 Å². The summed E-state index contributed by atoms with van der Waals surface area (Å²) >= 11 is 0. The number of hydrogen-bond donors (Lipinski definition) is 2. The summed E-state index contributed by atoms with van der Waals surface area (Å²) in [5, 5.41) is 12.4. The fraction of sp³-hybridized carbons (Fsp3) is 0.500. The van der Waals surface area contributed by atoms with Crippen molar-refractivity contribution in [3.63, 3.8) is 0 Å². The molecule has 0 saturated carbocycles. The first kappa shape index (κ1) is 13.4. The maximum Gasteiger partial charge on any atom is 0.0783 e. The second-order valence-electron chi connectivity index (χ2n) is 3.97.